The Kier molecular flexibility index (Phi) is 4.97. The summed E-state index contributed by atoms with van der Waals surface area (Å²) in [4.78, 5) is 11.7. The molecule has 3 nitrogen and oxygen atoms in total. The number of rotatable bonds is 4. The maximum Gasteiger partial charge on any atom is 0.338 e. The first-order valence-electron chi connectivity index (χ1n) is 7.10. The first-order chi connectivity index (χ1) is 9.20. The lowest BCUT2D eigenvalue weighted by atomic mass is 9.87. The van der Waals surface area contributed by atoms with Gasteiger partial charge in [-0.15, -0.1) is 0 Å². The smallest absolute Gasteiger partial charge is 0.338 e. The van der Waals surface area contributed by atoms with E-state index in [9.17, 15) is 4.79 Å². The van der Waals surface area contributed by atoms with Crippen LogP contribution in [0.25, 0.3) is 0 Å². The molecule has 0 aliphatic heterocycles. The van der Waals surface area contributed by atoms with Crippen molar-refractivity contribution >= 4 is 5.97 Å². The molecule has 0 amide bonds. The van der Waals surface area contributed by atoms with Crippen LogP contribution in [-0.2, 0) is 11.3 Å². The van der Waals surface area contributed by atoms with E-state index in [-0.39, 0.29) is 5.97 Å². The number of hydrogen-bond acceptors (Lipinski definition) is 3. The van der Waals surface area contributed by atoms with E-state index in [1.807, 2.05) is 24.3 Å². The Morgan fingerprint density at radius 3 is 2.89 bits per heavy atom. The van der Waals surface area contributed by atoms with Crippen LogP contribution in [0.1, 0.15) is 48.5 Å². The van der Waals surface area contributed by atoms with E-state index in [0.29, 0.717) is 11.6 Å². The predicted octanol–water partition coefficient (Wildman–Crippen LogP) is 3.14. The average Bonchev–Trinajstić information content (AvgIpc) is 2.45. The molecule has 1 aliphatic rings. The van der Waals surface area contributed by atoms with Gasteiger partial charge in [0.05, 0.1) is 12.7 Å². The molecule has 0 heterocycles. The van der Waals surface area contributed by atoms with Crippen molar-refractivity contribution < 1.29 is 9.53 Å². The second kappa shape index (κ2) is 6.71. The second-order valence-electron chi connectivity index (χ2n) is 5.50. The minimum Gasteiger partial charge on any atom is -0.465 e. The van der Waals surface area contributed by atoms with Gasteiger partial charge in [-0.1, -0.05) is 38.0 Å². The minimum atomic E-state index is -0.255. The molecule has 1 fully saturated rings. The predicted molar refractivity (Wildman–Crippen MR) is 76.0 cm³/mol. The maximum atomic E-state index is 11.7. The number of carbonyl (C=O) groups excluding carboxylic acids is 1. The topological polar surface area (TPSA) is 38.3 Å². The van der Waals surface area contributed by atoms with Crippen LogP contribution in [0.4, 0.5) is 0 Å². The van der Waals surface area contributed by atoms with Gasteiger partial charge in [0, 0.05) is 12.6 Å². The highest BCUT2D eigenvalue weighted by molar-refractivity contribution is 5.90. The number of ether oxygens (including phenoxy) is 1. The normalized spacial score (nSPS) is 23.1. The molecule has 2 atom stereocenters. The lowest BCUT2D eigenvalue weighted by Crippen LogP contribution is -2.33. The SMILES string of the molecule is COC(=O)c1ccccc1CNC1CCCC(C)C1. The Labute approximate surface area is 115 Å². The van der Waals surface area contributed by atoms with E-state index >= 15 is 0 Å². The summed E-state index contributed by atoms with van der Waals surface area (Å²) >= 11 is 0. The van der Waals surface area contributed by atoms with Gasteiger partial charge in [-0.05, 0) is 30.4 Å². The molecule has 1 aliphatic carbocycles. The molecule has 0 bridgehead atoms. The number of carbonyl (C=O) groups is 1. The quantitative estimate of drug-likeness (QED) is 0.846. The molecule has 1 aromatic rings. The highest BCUT2D eigenvalue weighted by atomic mass is 16.5. The number of nitrogens with one attached hydrogen (secondary N) is 1. The van der Waals surface area contributed by atoms with Crippen LogP contribution in [-0.4, -0.2) is 19.1 Å². The number of esters is 1. The van der Waals surface area contributed by atoms with Gasteiger partial charge < -0.3 is 10.1 Å². The Bertz CT molecular complexity index is 431. The average molecular weight is 261 g/mol. The zero-order chi connectivity index (χ0) is 13.7. The molecule has 1 N–H and O–H groups in total. The lowest BCUT2D eigenvalue weighted by Gasteiger charge is -2.27. The van der Waals surface area contributed by atoms with Crippen molar-refractivity contribution in [3.8, 4) is 0 Å². The van der Waals surface area contributed by atoms with Crippen LogP contribution in [0.15, 0.2) is 24.3 Å². The number of methoxy groups -OCH3 is 1. The summed E-state index contributed by atoms with van der Waals surface area (Å²) in [7, 11) is 1.43. The van der Waals surface area contributed by atoms with E-state index in [1.165, 1.54) is 32.8 Å². The monoisotopic (exact) mass is 261 g/mol. The fourth-order valence-electron chi connectivity index (χ4n) is 2.86. The molecule has 0 saturated heterocycles. The van der Waals surface area contributed by atoms with E-state index in [2.05, 4.69) is 12.2 Å². The Hall–Kier alpha value is -1.35. The fraction of sp³-hybridized carbons (Fsp3) is 0.562. The summed E-state index contributed by atoms with van der Waals surface area (Å²) < 4.78 is 4.82. The first kappa shape index (κ1) is 14.1. The highest BCUT2D eigenvalue weighted by Crippen LogP contribution is 2.24. The van der Waals surface area contributed by atoms with Crippen LogP contribution in [0.2, 0.25) is 0 Å². The van der Waals surface area contributed by atoms with E-state index in [4.69, 9.17) is 4.74 Å². The molecule has 2 rings (SSSR count). The van der Waals surface area contributed by atoms with Gasteiger partial charge >= 0.3 is 5.97 Å². The summed E-state index contributed by atoms with van der Waals surface area (Å²) in [5.41, 5.74) is 1.69. The molecule has 0 aromatic heterocycles. The Balaban J connectivity index is 1.97. The van der Waals surface area contributed by atoms with Crippen molar-refractivity contribution in [1.29, 1.82) is 0 Å². The summed E-state index contributed by atoms with van der Waals surface area (Å²) in [6.45, 7) is 3.05. The lowest BCUT2D eigenvalue weighted by molar-refractivity contribution is 0.0599. The second-order valence-corrected chi connectivity index (χ2v) is 5.50. The van der Waals surface area contributed by atoms with Crippen molar-refractivity contribution in [2.75, 3.05) is 7.11 Å². The Morgan fingerprint density at radius 1 is 1.37 bits per heavy atom. The van der Waals surface area contributed by atoms with Gasteiger partial charge in [0.2, 0.25) is 0 Å². The number of hydrogen-bond donors (Lipinski definition) is 1. The largest absolute Gasteiger partial charge is 0.465 e. The van der Waals surface area contributed by atoms with Crippen LogP contribution >= 0.6 is 0 Å². The molecule has 0 spiro atoms. The van der Waals surface area contributed by atoms with Crippen LogP contribution in [0, 0.1) is 5.92 Å². The van der Waals surface area contributed by atoms with Gasteiger partial charge in [0.15, 0.2) is 0 Å². The van der Waals surface area contributed by atoms with Crippen LogP contribution < -0.4 is 5.32 Å². The molecule has 19 heavy (non-hydrogen) atoms. The van der Waals surface area contributed by atoms with Crippen LogP contribution in [0.5, 0.6) is 0 Å². The molecular formula is C16H23NO2. The van der Waals surface area contributed by atoms with Gasteiger partial charge in [-0.2, -0.15) is 0 Å². The highest BCUT2D eigenvalue weighted by Gasteiger charge is 2.19. The number of benzene rings is 1. The summed E-state index contributed by atoms with van der Waals surface area (Å²) in [5.74, 6) is 0.552. The first-order valence-corrected chi connectivity index (χ1v) is 7.10. The fourth-order valence-corrected chi connectivity index (χ4v) is 2.86. The molecule has 104 valence electrons. The van der Waals surface area contributed by atoms with Crippen LogP contribution in [0.3, 0.4) is 0 Å². The van der Waals surface area contributed by atoms with Crippen molar-refractivity contribution in [2.24, 2.45) is 5.92 Å². The molecule has 1 aromatic carbocycles. The third-order valence-corrected chi connectivity index (χ3v) is 3.94. The summed E-state index contributed by atoms with van der Waals surface area (Å²) in [5, 5.41) is 3.58. The molecule has 1 saturated carbocycles. The van der Waals surface area contributed by atoms with Gasteiger partial charge in [-0.3, -0.25) is 0 Å². The minimum absolute atomic E-state index is 0.255. The molecular weight excluding hydrogens is 238 g/mol. The van der Waals surface area contributed by atoms with Crippen molar-refractivity contribution in [2.45, 2.75) is 45.2 Å². The molecule has 2 unspecified atom stereocenters. The standard InChI is InChI=1S/C16H23NO2/c1-12-6-5-8-14(10-12)17-11-13-7-3-4-9-15(13)16(18)19-2/h3-4,7,9,12,14,17H,5-6,8,10-11H2,1-2H3. The zero-order valence-corrected chi connectivity index (χ0v) is 11.8. The van der Waals surface area contributed by atoms with E-state index < -0.39 is 0 Å². The van der Waals surface area contributed by atoms with Gasteiger partial charge in [0.1, 0.15) is 0 Å². The summed E-state index contributed by atoms with van der Waals surface area (Å²) in [6, 6.07) is 8.23. The third-order valence-electron chi connectivity index (χ3n) is 3.94. The summed E-state index contributed by atoms with van der Waals surface area (Å²) in [6.07, 6.45) is 5.12. The van der Waals surface area contributed by atoms with Crippen molar-refractivity contribution in [3.63, 3.8) is 0 Å². The van der Waals surface area contributed by atoms with Crippen molar-refractivity contribution in [1.82, 2.24) is 5.32 Å². The van der Waals surface area contributed by atoms with E-state index in [0.717, 1.165) is 18.0 Å². The van der Waals surface area contributed by atoms with E-state index in [1.54, 1.807) is 0 Å². The Morgan fingerprint density at radius 2 is 2.16 bits per heavy atom. The zero-order valence-electron chi connectivity index (χ0n) is 11.8. The molecule has 0 radical (unpaired) electrons. The van der Waals surface area contributed by atoms with Gasteiger partial charge in [-0.25, -0.2) is 4.79 Å². The van der Waals surface area contributed by atoms with Crippen molar-refractivity contribution in [3.05, 3.63) is 35.4 Å². The third kappa shape index (κ3) is 3.80. The molecule has 3 heteroatoms. The maximum absolute atomic E-state index is 11.7. The van der Waals surface area contributed by atoms with Gasteiger partial charge in [0.25, 0.3) is 0 Å².